The molecule has 0 bridgehead atoms. The van der Waals surface area contributed by atoms with Gasteiger partial charge < -0.3 is 5.11 Å². The number of rotatable bonds is 2. The fraction of sp³-hybridized carbons (Fsp3) is 0.133. The van der Waals surface area contributed by atoms with Gasteiger partial charge in [-0.2, -0.15) is 13.2 Å². The molecule has 0 saturated heterocycles. The Hall–Kier alpha value is -1.86. The summed E-state index contributed by atoms with van der Waals surface area (Å²) in [6.45, 7) is 0. The van der Waals surface area contributed by atoms with Crippen molar-refractivity contribution in [2.24, 2.45) is 0 Å². The molecule has 3 aromatic rings. The molecule has 0 amide bonds. The molecule has 0 saturated carbocycles. The molecule has 1 heterocycles. The number of fused-ring (bicyclic) bond motifs is 1. The average molecular weight is 371 g/mol. The van der Waals surface area contributed by atoms with Crippen LogP contribution < -0.4 is 0 Å². The van der Waals surface area contributed by atoms with Crippen molar-refractivity contribution in [2.75, 3.05) is 0 Å². The molecule has 1 unspecified atom stereocenters. The van der Waals surface area contributed by atoms with E-state index in [0.29, 0.717) is 11.0 Å². The van der Waals surface area contributed by atoms with E-state index in [2.05, 4.69) is 20.9 Å². The molecule has 114 valence electrons. The third-order valence-corrected chi connectivity index (χ3v) is 3.78. The summed E-state index contributed by atoms with van der Waals surface area (Å²) in [5, 5.41) is 9.31. The Balaban J connectivity index is 2.07. The van der Waals surface area contributed by atoms with Crippen molar-refractivity contribution in [3.63, 3.8) is 0 Å². The summed E-state index contributed by atoms with van der Waals surface area (Å²) in [4.78, 5) is 4.12. The van der Waals surface area contributed by atoms with Gasteiger partial charge in [-0.15, -0.1) is 0 Å². The lowest BCUT2D eigenvalue weighted by atomic mass is 10.1. The number of benzene rings is 2. The highest BCUT2D eigenvalue weighted by Gasteiger charge is 2.39. The number of imidazole rings is 1. The summed E-state index contributed by atoms with van der Waals surface area (Å²) in [6, 6.07) is 11.5. The number of alkyl halides is 3. The minimum atomic E-state index is -4.69. The molecule has 0 spiro atoms. The van der Waals surface area contributed by atoms with Crippen LogP contribution >= 0.6 is 15.9 Å². The largest absolute Gasteiger partial charge is 0.418 e. The molecule has 3 rings (SSSR count). The van der Waals surface area contributed by atoms with E-state index in [-0.39, 0.29) is 5.56 Å². The van der Waals surface area contributed by atoms with Crippen LogP contribution in [0, 0.1) is 0 Å². The number of aliphatic hydroxyl groups is 1. The Kier molecular flexibility index (Phi) is 3.70. The maximum atomic E-state index is 12.6. The first-order valence-corrected chi connectivity index (χ1v) is 7.13. The van der Waals surface area contributed by atoms with Crippen molar-refractivity contribution in [1.82, 2.24) is 9.55 Å². The lowest BCUT2D eigenvalue weighted by Gasteiger charge is -2.14. The van der Waals surface area contributed by atoms with Crippen LogP contribution in [0.4, 0.5) is 13.2 Å². The zero-order valence-corrected chi connectivity index (χ0v) is 12.6. The summed E-state index contributed by atoms with van der Waals surface area (Å²) in [5.41, 5.74) is 1.66. The van der Waals surface area contributed by atoms with Gasteiger partial charge in [0.15, 0.2) is 6.10 Å². The van der Waals surface area contributed by atoms with Crippen LogP contribution in [0.3, 0.4) is 0 Å². The third kappa shape index (κ3) is 2.74. The fourth-order valence-electron chi connectivity index (χ4n) is 2.22. The van der Waals surface area contributed by atoms with Gasteiger partial charge in [0, 0.05) is 10.2 Å². The second-order valence-corrected chi connectivity index (χ2v) is 5.70. The Morgan fingerprint density at radius 2 is 1.91 bits per heavy atom. The Morgan fingerprint density at radius 3 is 2.59 bits per heavy atom. The molecule has 22 heavy (non-hydrogen) atoms. The molecule has 1 aromatic heterocycles. The Bertz CT molecular complexity index is 829. The number of hydrogen-bond acceptors (Lipinski definition) is 2. The standard InChI is InChI=1S/C15H10BrF3N2O/c16-10-2-1-3-11(7-10)21-8-20-12-6-9(4-5-13(12)21)14(22)15(17,18)19/h1-8,14,22H. The first-order valence-electron chi connectivity index (χ1n) is 6.34. The maximum Gasteiger partial charge on any atom is 0.418 e. The highest BCUT2D eigenvalue weighted by atomic mass is 79.9. The summed E-state index contributed by atoms with van der Waals surface area (Å²) >= 11 is 3.37. The molecule has 0 fully saturated rings. The first kappa shape index (κ1) is 15.1. The molecule has 0 aliphatic rings. The van der Waals surface area contributed by atoms with Gasteiger partial charge in [-0.05, 0) is 35.9 Å². The van der Waals surface area contributed by atoms with Crippen LogP contribution in [-0.4, -0.2) is 20.8 Å². The quantitative estimate of drug-likeness (QED) is 0.726. The van der Waals surface area contributed by atoms with Crippen molar-refractivity contribution in [2.45, 2.75) is 12.3 Å². The minimum Gasteiger partial charge on any atom is -0.379 e. The Morgan fingerprint density at radius 1 is 1.14 bits per heavy atom. The molecule has 0 radical (unpaired) electrons. The van der Waals surface area contributed by atoms with E-state index in [9.17, 15) is 18.3 Å². The van der Waals surface area contributed by atoms with Crippen LogP contribution in [-0.2, 0) is 0 Å². The summed E-state index contributed by atoms with van der Waals surface area (Å²) in [7, 11) is 0. The molecule has 0 aliphatic carbocycles. The van der Waals surface area contributed by atoms with Crippen LogP contribution in [0.1, 0.15) is 11.7 Å². The van der Waals surface area contributed by atoms with E-state index in [0.717, 1.165) is 10.2 Å². The summed E-state index contributed by atoms with van der Waals surface area (Å²) in [6.07, 6.45) is -5.66. The lowest BCUT2D eigenvalue weighted by molar-refractivity contribution is -0.206. The number of hydrogen-bond donors (Lipinski definition) is 1. The van der Waals surface area contributed by atoms with E-state index >= 15 is 0 Å². The minimum absolute atomic E-state index is 0.223. The van der Waals surface area contributed by atoms with Gasteiger partial charge in [0.25, 0.3) is 0 Å². The van der Waals surface area contributed by atoms with Crippen molar-refractivity contribution in [3.05, 3.63) is 58.8 Å². The van der Waals surface area contributed by atoms with Crippen molar-refractivity contribution >= 4 is 27.0 Å². The van der Waals surface area contributed by atoms with E-state index in [1.54, 1.807) is 4.57 Å². The number of nitrogens with zero attached hydrogens (tertiary/aromatic N) is 2. The zero-order chi connectivity index (χ0) is 15.9. The van der Waals surface area contributed by atoms with Crippen molar-refractivity contribution in [1.29, 1.82) is 0 Å². The highest BCUT2D eigenvalue weighted by molar-refractivity contribution is 9.10. The molecule has 7 heteroatoms. The van der Waals surface area contributed by atoms with Crippen molar-refractivity contribution < 1.29 is 18.3 Å². The van der Waals surface area contributed by atoms with E-state index in [1.165, 1.54) is 24.5 Å². The number of aromatic nitrogens is 2. The van der Waals surface area contributed by atoms with E-state index in [1.807, 2.05) is 24.3 Å². The van der Waals surface area contributed by atoms with Crippen molar-refractivity contribution in [3.8, 4) is 5.69 Å². The lowest BCUT2D eigenvalue weighted by Crippen LogP contribution is -2.20. The van der Waals surface area contributed by atoms with Crippen LogP contribution in [0.5, 0.6) is 0 Å². The zero-order valence-electron chi connectivity index (χ0n) is 11.0. The van der Waals surface area contributed by atoms with Gasteiger partial charge in [0.1, 0.15) is 6.33 Å². The predicted octanol–water partition coefficient (Wildman–Crippen LogP) is 4.38. The highest BCUT2D eigenvalue weighted by Crippen LogP contribution is 2.33. The smallest absolute Gasteiger partial charge is 0.379 e. The molecule has 2 aromatic carbocycles. The van der Waals surface area contributed by atoms with Crippen LogP contribution in [0.2, 0.25) is 0 Å². The molecule has 3 nitrogen and oxygen atoms in total. The monoisotopic (exact) mass is 370 g/mol. The molecule has 0 aliphatic heterocycles. The average Bonchev–Trinajstić information content (AvgIpc) is 2.88. The maximum absolute atomic E-state index is 12.6. The van der Waals surface area contributed by atoms with Gasteiger partial charge in [0.05, 0.1) is 11.0 Å². The predicted molar refractivity (Wildman–Crippen MR) is 79.8 cm³/mol. The second-order valence-electron chi connectivity index (χ2n) is 4.79. The molecule has 1 atom stereocenters. The Labute approximate surface area is 132 Å². The van der Waals surface area contributed by atoms with Gasteiger partial charge in [0.2, 0.25) is 0 Å². The summed E-state index contributed by atoms with van der Waals surface area (Å²) in [5.74, 6) is 0. The topological polar surface area (TPSA) is 38.1 Å². The van der Waals surface area contributed by atoms with Crippen LogP contribution in [0.15, 0.2) is 53.3 Å². The first-order chi connectivity index (χ1) is 10.4. The number of halogens is 4. The fourth-order valence-corrected chi connectivity index (χ4v) is 2.61. The van der Waals surface area contributed by atoms with Gasteiger partial charge in [-0.1, -0.05) is 28.1 Å². The van der Waals surface area contributed by atoms with E-state index in [4.69, 9.17) is 0 Å². The van der Waals surface area contributed by atoms with E-state index < -0.39 is 12.3 Å². The summed E-state index contributed by atoms with van der Waals surface area (Å²) < 4.78 is 40.4. The van der Waals surface area contributed by atoms with Gasteiger partial charge in [-0.25, -0.2) is 4.98 Å². The third-order valence-electron chi connectivity index (χ3n) is 3.28. The SMILES string of the molecule is OC(c1ccc2c(c1)ncn2-c1cccc(Br)c1)C(F)(F)F. The molecule has 1 N–H and O–H groups in total. The van der Waals surface area contributed by atoms with Gasteiger partial charge in [-0.3, -0.25) is 4.57 Å². The van der Waals surface area contributed by atoms with Gasteiger partial charge >= 0.3 is 6.18 Å². The normalized spacial score (nSPS) is 13.5. The number of aliphatic hydroxyl groups excluding tert-OH is 1. The molecular weight excluding hydrogens is 361 g/mol. The second kappa shape index (κ2) is 5.40. The molecular formula is C15H10BrF3N2O. The van der Waals surface area contributed by atoms with Crippen LogP contribution in [0.25, 0.3) is 16.7 Å².